The molecule has 0 radical (unpaired) electrons. The lowest BCUT2D eigenvalue weighted by atomic mass is 9.78. The third-order valence-electron chi connectivity index (χ3n) is 4.47. The second-order valence-corrected chi connectivity index (χ2v) is 6.64. The van der Waals surface area contributed by atoms with E-state index in [-0.39, 0.29) is 17.3 Å². The Hall–Kier alpha value is -0.610. The average Bonchev–Trinajstić information content (AvgIpc) is 2.50. The molecule has 2 heterocycles. The number of hydrogen-bond donors (Lipinski definition) is 0. The molecule has 0 aromatic heterocycles. The van der Waals surface area contributed by atoms with Gasteiger partial charge in [0.2, 0.25) is 0 Å². The van der Waals surface area contributed by atoms with E-state index in [4.69, 9.17) is 32.7 Å². The van der Waals surface area contributed by atoms with E-state index in [9.17, 15) is 4.79 Å². The Labute approximate surface area is 134 Å². The zero-order chi connectivity index (χ0) is 14.9. The highest BCUT2D eigenvalue weighted by Crippen LogP contribution is 2.38. The minimum Gasteiger partial charge on any atom is -0.381 e. The Morgan fingerprint density at radius 2 is 1.90 bits per heavy atom. The molecule has 1 unspecified atom stereocenters. The summed E-state index contributed by atoms with van der Waals surface area (Å²) in [7, 11) is 0. The van der Waals surface area contributed by atoms with Gasteiger partial charge in [-0.25, -0.2) is 0 Å². The molecule has 5 heteroatoms. The lowest BCUT2D eigenvalue weighted by Gasteiger charge is -2.42. The molecule has 1 spiro atoms. The molecule has 114 valence electrons. The SMILES string of the molecule is O=C(c1ccc(Cl)c(Cl)c1)C1CCOC2(CCOCC2)C1. The molecule has 0 saturated carbocycles. The summed E-state index contributed by atoms with van der Waals surface area (Å²) < 4.78 is 11.4. The van der Waals surface area contributed by atoms with Crippen LogP contribution in [-0.2, 0) is 9.47 Å². The first-order valence-corrected chi connectivity index (χ1v) is 8.06. The monoisotopic (exact) mass is 328 g/mol. The number of carbonyl (C=O) groups is 1. The molecule has 0 amide bonds. The van der Waals surface area contributed by atoms with Crippen LogP contribution in [0.5, 0.6) is 0 Å². The van der Waals surface area contributed by atoms with Crippen molar-refractivity contribution in [1.82, 2.24) is 0 Å². The van der Waals surface area contributed by atoms with E-state index in [1.165, 1.54) is 0 Å². The second kappa shape index (κ2) is 6.25. The number of benzene rings is 1. The van der Waals surface area contributed by atoms with Crippen LogP contribution in [0.3, 0.4) is 0 Å². The van der Waals surface area contributed by atoms with E-state index >= 15 is 0 Å². The summed E-state index contributed by atoms with van der Waals surface area (Å²) in [6, 6.07) is 5.10. The van der Waals surface area contributed by atoms with Gasteiger partial charge in [-0.2, -0.15) is 0 Å². The summed E-state index contributed by atoms with van der Waals surface area (Å²) >= 11 is 11.9. The van der Waals surface area contributed by atoms with Crippen LogP contribution < -0.4 is 0 Å². The summed E-state index contributed by atoms with van der Waals surface area (Å²) in [5.41, 5.74) is 0.464. The molecule has 2 aliphatic rings. The van der Waals surface area contributed by atoms with Crippen LogP contribution >= 0.6 is 23.2 Å². The molecular weight excluding hydrogens is 311 g/mol. The summed E-state index contributed by atoms with van der Waals surface area (Å²) in [6.45, 7) is 2.07. The van der Waals surface area contributed by atoms with Gasteiger partial charge in [-0.3, -0.25) is 4.79 Å². The molecule has 1 aromatic carbocycles. The van der Waals surface area contributed by atoms with Crippen LogP contribution in [0.2, 0.25) is 10.0 Å². The highest BCUT2D eigenvalue weighted by molar-refractivity contribution is 6.42. The molecule has 2 fully saturated rings. The Bertz CT molecular complexity index is 533. The van der Waals surface area contributed by atoms with Gasteiger partial charge in [0.15, 0.2) is 5.78 Å². The van der Waals surface area contributed by atoms with Gasteiger partial charge >= 0.3 is 0 Å². The summed E-state index contributed by atoms with van der Waals surface area (Å²) in [5.74, 6) is 0.136. The van der Waals surface area contributed by atoms with Crippen molar-refractivity contribution in [2.75, 3.05) is 19.8 Å². The van der Waals surface area contributed by atoms with Crippen LogP contribution in [-0.4, -0.2) is 31.2 Å². The fourth-order valence-corrected chi connectivity index (χ4v) is 3.53. The molecule has 0 bridgehead atoms. The molecule has 3 nitrogen and oxygen atoms in total. The van der Waals surface area contributed by atoms with Crippen molar-refractivity contribution in [1.29, 1.82) is 0 Å². The zero-order valence-corrected chi connectivity index (χ0v) is 13.3. The van der Waals surface area contributed by atoms with E-state index < -0.39 is 0 Å². The number of hydrogen-bond acceptors (Lipinski definition) is 3. The van der Waals surface area contributed by atoms with Gasteiger partial charge in [-0.05, 0) is 43.9 Å². The van der Waals surface area contributed by atoms with E-state index in [2.05, 4.69) is 0 Å². The summed E-state index contributed by atoms with van der Waals surface area (Å²) in [4.78, 5) is 12.7. The number of Topliss-reactive ketones (excluding diaryl/α,β-unsaturated/α-hetero) is 1. The van der Waals surface area contributed by atoms with Gasteiger partial charge in [-0.15, -0.1) is 0 Å². The van der Waals surface area contributed by atoms with Crippen LogP contribution in [0, 0.1) is 5.92 Å². The smallest absolute Gasteiger partial charge is 0.166 e. The van der Waals surface area contributed by atoms with Gasteiger partial charge in [0, 0.05) is 31.3 Å². The number of ether oxygens (including phenoxy) is 2. The summed E-state index contributed by atoms with van der Waals surface area (Å²) in [5, 5.41) is 0.899. The number of rotatable bonds is 2. The van der Waals surface area contributed by atoms with Gasteiger partial charge in [0.25, 0.3) is 0 Å². The molecular formula is C16H18Cl2O3. The van der Waals surface area contributed by atoms with Crippen molar-refractivity contribution >= 4 is 29.0 Å². The van der Waals surface area contributed by atoms with Crippen molar-refractivity contribution < 1.29 is 14.3 Å². The Kier molecular flexibility index (Phi) is 4.55. The van der Waals surface area contributed by atoms with Crippen molar-refractivity contribution in [2.45, 2.75) is 31.3 Å². The van der Waals surface area contributed by atoms with Gasteiger partial charge < -0.3 is 9.47 Å². The minimum absolute atomic E-state index is 0.00547. The normalized spacial score (nSPS) is 25.0. The fourth-order valence-electron chi connectivity index (χ4n) is 3.23. The highest BCUT2D eigenvalue weighted by Gasteiger charge is 2.41. The topological polar surface area (TPSA) is 35.5 Å². The minimum atomic E-state index is -0.174. The molecule has 21 heavy (non-hydrogen) atoms. The quantitative estimate of drug-likeness (QED) is 0.765. The van der Waals surface area contributed by atoms with E-state index in [0.29, 0.717) is 35.4 Å². The van der Waals surface area contributed by atoms with Crippen molar-refractivity contribution in [3.05, 3.63) is 33.8 Å². The standard InChI is InChI=1S/C16H18Cl2O3/c17-13-2-1-11(9-14(13)18)15(19)12-3-6-21-16(10-12)4-7-20-8-5-16/h1-2,9,12H,3-8,10H2. The lowest BCUT2D eigenvalue weighted by Crippen LogP contribution is -2.45. The zero-order valence-electron chi connectivity index (χ0n) is 11.7. The molecule has 2 aliphatic heterocycles. The maximum Gasteiger partial charge on any atom is 0.166 e. The molecule has 1 aromatic rings. The first-order chi connectivity index (χ1) is 10.1. The Balaban J connectivity index is 1.76. The fraction of sp³-hybridized carbons (Fsp3) is 0.562. The second-order valence-electron chi connectivity index (χ2n) is 5.83. The van der Waals surface area contributed by atoms with Crippen molar-refractivity contribution in [3.63, 3.8) is 0 Å². The van der Waals surface area contributed by atoms with E-state index in [1.54, 1.807) is 18.2 Å². The highest BCUT2D eigenvalue weighted by atomic mass is 35.5. The summed E-state index contributed by atoms with van der Waals surface area (Å²) in [6.07, 6.45) is 3.29. The number of ketones is 1. The third-order valence-corrected chi connectivity index (χ3v) is 5.21. The predicted molar refractivity (Wildman–Crippen MR) is 82.3 cm³/mol. The third kappa shape index (κ3) is 3.26. The van der Waals surface area contributed by atoms with Gasteiger partial charge in [0.05, 0.1) is 15.6 Å². The molecule has 2 saturated heterocycles. The largest absolute Gasteiger partial charge is 0.381 e. The maximum atomic E-state index is 12.7. The Morgan fingerprint density at radius 3 is 2.62 bits per heavy atom. The average molecular weight is 329 g/mol. The predicted octanol–water partition coefficient (Wildman–Crippen LogP) is 4.15. The van der Waals surface area contributed by atoms with E-state index in [1.807, 2.05) is 0 Å². The van der Waals surface area contributed by atoms with E-state index in [0.717, 1.165) is 25.7 Å². The number of halogens is 2. The first kappa shape index (κ1) is 15.3. The molecule has 0 N–H and O–H groups in total. The Morgan fingerprint density at radius 1 is 1.14 bits per heavy atom. The molecule has 0 aliphatic carbocycles. The first-order valence-electron chi connectivity index (χ1n) is 7.31. The van der Waals surface area contributed by atoms with Gasteiger partial charge in [-0.1, -0.05) is 23.2 Å². The van der Waals surface area contributed by atoms with Crippen molar-refractivity contribution in [2.24, 2.45) is 5.92 Å². The van der Waals surface area contributed by atoms with Gasteiger partial charge in [0.1, 0.15) is 0 Å². The van der Waals surface area contributed by atoms with Crippen LogP contribution in [0.15, 0.2) is 18.2 Å². The lowest BCUT2D eigenvalue weighted by molar-refractivity contribution is -0.142. The van der Waals surface area contributed by atoms with Crippen molar-refractivity contribution in [3.8, 4) is 0 Å². The molecule has 3 rings (SSSR count). The van der Waals surface area contributed by atoms with Crippen LogP contribution in [0.4, 0.5) is 0 Å². The number of carbonyl (C=O) groups excluding carboxylic acids is 1. The van der Waals surface area contributed by atoms with Crippen LogP contribution in [0.1, 0.15) is 36.0 Å². The molecule has 1 atom stereocenters. The maximum absolute atomic E-state index is 12.7. The van der Waals surface area contributed by atoms with Crippen LogP contribution in [0.25, 0.3) is 0 Å².